The normalized spacial score (nSPS) is 25.5. The maximum Gasteiger partial charge on any atom is 0.227 e. The number of allylic oxidation sites excluding steroid dienone is 4. The van der Waals surface area contributed by atoms with Gasteiger partial charge in [0.15, 0.2) is 0 Å². The lowest BCUT2D eigenvalue weighted by molar-refractivity contribution is -0.123. The van der Waals surface area contributed by atoms with Gasteiger partial charge in [-0.1, -0.05) is 31.2 Å². The first-order valence-electron chi connectivity index (χ1n) is 5.93. The molecule has 0 aromatic heterocycles. The first-order valence-corrected chi connectivity index (χ1v) is 5.93. The molecular weight excluding hydrogens is 212 g/mol. The van der Waals surface area contributed by atoms with E-state index >= 15 is 0 Å². The minimum atomic E-state index is -0.135. The predicted molar refractivity (Wildman–Crippen MR) is 68.9 cm³/mol. The Balaban J connectivity index is 2.31. The number of carbonyl (C=O) groups excluding carboxylic acids is 1. The molecule has 0 spiro atoms. The number of nitrogens with one attached hydrogen (secondary N) is 2. The first-order chi connectivity index (χ1) is 8.19. The molecule has 2 aliphatic rings. The van der Waals surface area contributed by atoms with Crippen molar-refractivity contribution in [2.24, 2.45) is 11.8 Å². The van der Waals surface area contributed by atoms with Gasteiger partial charge >= 0.3 is 0 Å². The topological polar surface area (TPSA) is 41.1 Å². The predicted octanol–water partition coefficient (Wildman–Crippen LogP) is 1.87. The van der Waals surface area contributed by atoms with Gasteiger partial charge in [0.25, 0.3) is 0 Å². The smallest absolute Gasteiger partial charge is 0.227 e. The van der Waals surface area contributed by atoms with Gasteiger partial charge in [-0.25, -0.2) is 0 Å². The molecule has 2 atom stereocenters. The third-order valence-electron chi connectivity index (χ3n) is 3.40. The van der Waals surface area contributed by atoms with E-state index in [-0.39, 0.29) is 17.7 Å². The van der Waals surface area contributed by atoms with Crippen LogP contribution in [0.4, 0.5) is 0 Å². The van der Waals surface area contributed by atoms with Gasteiger partial charge in [-0.15, -0.1) is 0 Å². The van der Waals surface area contributed by atoms with E-state index in [1.807, 2.05) is 24.4 Å². The Morgan fingerprint density at radius 3 is 3.00 bits per heavy atom. The molecule has 0 aromatic rings. The number of carbonyl (C=O) groups is 1. The highest BCUT2D eigenvalue weighted by molar-refractivity contribution is 5.82. The summed E-state index contributed by atoms with van der Waals surface area (Å²) in [5.74, 6) is 0.0207. The fourth-order valence-corrected chi connectivity index (χ4v) is 2.37. The van der Waals surface area contributed by atoms with Crippen molar-refractivity contribution in [2.75, 3.05) is 7.05 Å². The molecule has 0 fully saturated rings. The molecule has 1 aliphatic carbocycles. The molecule has 3 heteroatoms. The van der Waals surface area contributed by atoms with Gasteiger partial charge < -0.3 is 10.6 Å². The summed E-state index contributed by atoms with van der Waals surface area (Å²) in [6, 6.07) is 0. The van der Waals surface area contributed by atoms with Crippen molar-refractivity contribution in [1.29, 1.82) is 0 Å². The minimum Gasteiger partial charge on any atom is -0.364 e. The molecule has 2 unspecified atom stereocenters. The van der Waals surface area contributed by atoms with Gasteiger partial charge in [0, 0.05) is 24.9 Å². The van der Waals surface area contributed by atoms with E-state index in [1.165, 1.54) is 0 Å². The molecule has 0 aromatic carbocycles. The third kappa shape index (κ3) is 1.93. The lowest BCUT2D eigenvalue weighted by atomic mass is 9.79. The van der Waals surface area contributed by atoms with Crippen LogP contribution < -0.4 is 10.6 Å². The summed E-state index contributed by atoms with van der Waals surface area (Å²) >= 11 is 0. The lowest BCUT2D eigenvalue weighted by Crippen LogP contribution is -2.34. The summed E-state index contributed by atoms with van der Waals surface area (Å²) in [7, 11) is 1.68. The van der Waals surface area contributed by atoms with Gasteiger partial charge in [0.2, 0.25) is 5.91 Å². The van der Waals surface area contributed by atoms with Crippen molar-refractivity contribution in [1.82, 2.24) is 10.6 Å². The minimum absolute atomic E-state index is 0.0513. The summed E-state index contributed by atoms with van der Waals surface area (Å²) < 4.78 is 0. The zero-order valence-corrected chi connectivity index (χ0v) is 10.3. The second kappa shape index (κ2) is 4.62. The average molecular weight is 230 g/mol. The van der Waals surface area contributed by atoms with Crippen molar-refractivity contribution in [2.45, 2.75) is 13.3 Å². The summed E-state index contributed by atoms with van der Waals surface area (Å²) in [5.41, 5.74) is 3.33. The number of fused-ring (bicyclic) bond motifs is 1. The van der Waals surface area contributed by atoms with Gasteiger partial charge in [-0.3, -0.25) is 4.79 Å². The van der Waals surface area contributed by atoms with Crippen LogP contribution >= 0.6 is 0 Å². The van der Waals surface area contributed by atoms with Crippen molar-refractivity contribution in [3.63, 3.8) is 0 Å². The molecule has 0 bridgehead atoms. The highest BCUT2D eigenvalue weighted by Crippen LogP contribution is 2.38. The standard InChI is InChI=1S/C14H18N2O/c1-4-9(2)11-8-16-12-7-5-6-10(13(11)12)14(17)15-3/h5-8,10,13,16H,2,4H2,1,3H3,(H,15,17). The molecule has 2 rings (SSSR count). The second-order valence-electron chi connectivity index (χ2n) is 4.33. The first kappa shape index (κ1) is 11.7. The van der Waals surface area contributed by atoms with Gasteiger partial charge in [-0.05, 0) is 18.1 Å². The van der Waals surface area contributed by atoms with Crippen molar-refractivity contribution in [3.8, 4) is 0 Å². The van der Waals surface area contributed by atoms with Crippen LogP contribution in [0.15, 0.2) is 47.9 Å². The highest BCUT2D eigenvalue weighted by Gasteiger charge is 2.36. The van der Waals surface area contributed by atoms with E-state index in [0.717, 1.165) is 23.3 Å². The largest absolute Gasteiger partial charge is 0.364 e. The third-order valence-corrected chi connectivity index (χ3v) is 3.40. The molecule has 17 heavy (non-hydrogen) atoms. The van der Waals surface area contributed by atoms with Crippen molar-refractivity contribution < 1.29 is 4.79 Å². The molecular formula is C14H18N2O. The Morgan fingerprint density at radius 2 is 2.35 bits per heavy atom. The van der Waals surface area contributed by atoms with Crippen LogP contribution in [0.2, 0.25) is 0 Å². The van der Waals surface area contributed by atoms with Crippen LogP contribution in [0.5, 0.6) is 0 Å². The number of rotatable bonds is 3. The summed E-state index contributed by atoms with van der Waals surface area (Å²) in [6.07, 6.45) is 8.80. The summed E-state index contributed by atoms with van der Waals surface area (Å²) in [5, 5.41) is 5.96. The molecule has 0 radical (unpaired) electrons. The van der Waals surface area contributed by atoms with E-state index in [9.17, 15) is 4.79 Å². The number of hydrogen-bond donors (Lipinski definition) is 2. The average Bonchev–Trinajstić information content (AvgIpc) is 2.80. The zero-order valence-electron chi connectivity index (χ0n) is 10.3. The van der Waals surface area contributed by atoms with Crippen LogP contribution in [0, 0.1) is 11.8 Å². The van der Waals surface area contributed by atoms with E-state index in [4.69, 9.17) is 0 Å². The van der Waals surface area contributed by atoms with E-state index in [0.29, 0.717) is 0 Å². The SMILES string of the molecule is C=C(CC)C1=CNC2=CC=CC(C(=O)NC)C21. The van der Waals surface area contributed by atoms with Crippen molar-refractivity contribution in [3.05, 3.63) is 47.9 Å². The Bertz CT molecular complexity index is 443. The van der Waals surface area contributed by atoms with E-state index in [1.54, 1.807) is 7.05 Å². The number of amides is 1. The molecule has 0 saturated heterocycles. The fraction of sp³-hybridized carbons (Fsp3) is 0.357. The Morgan fingerprint density at radius 1 is 1.59 bits per heavy atom. The Labute approximate surface area is 102 Å². The number of hydrogen-bond acceptors (Lipinski definition) is 2. The van der Waals surface area contributed by atoms with Gasteiger partial charge in [-0.2, -0.15) is 0 Å². The molecule has 3 nitrogen and oxygen atoms in total. The van der Waals surface area contributed by atoms with E-state index in [2.05, 4.69) is 24.1 Å². The summed E-state index contributed by atoms with van der Waals surface area (Å²) in [6.45, 7) is 6.16. The molecule has 2 N–H and O–H groups in total. The van der Waals surface area contributed by atoms with Gasteiger partial charge in [0.1, 0.15) is 0 Å². The Hall–Kier alpha value is -1.77. The zero-order chi connectivity index (χ0) is 12.4. The summed E-state index contributed by atoms with van der Waals surface area (Å²) in [4.78, 5) is 11.9. The van der Waals surface area contributed by atoms with E-state index < -0.39 is 0 Å². The highest BCUT2D eigenvalue weighted by atomic mass is 16.1. The molecule has 1 aliphatic heterocycles. The van der Waals surface area contributed by atoms with Crippen molar-refractivity contribution >= 4 is 5.91 Å². The van der Waals surface area contributed by atoms with Crippen LogP contribution in [0.25, 0.3) is 0 Å². The van der Waals surface area contributed by atoms with Gasteiger partial charge in [0.05, 0.1) is 5.92 Å². The maximum atomic E-state index is 11.9. The lowest BCUT2D eigenvalue weighted by Gasteiger charge is -2.26. The molecule has 0 saturated carbocycles. The van der Waals surface area contributed by atoms with Crippen LogP contribution in [0.1, 0.15) is 13.3 Å². The quantitative estimate of drug-likeness (QED) is 0.777. The molecule has 1 amide bonds. The fourth-order valence-electron chi connectivity index (χ4n) is 2.37. The molecule has 90 valence electrons. The molecule has 1 heterocycles. The van der Waals surface area contributed by atoms with Crippen LogP contribution in [-0.2, 0) is 4.79 Å². The Kier molecular flexibility index (Phi) is 3.18. The monoisotopic (exact) mass is 230 g/mol. The van der Waals surface area contributed by atoms with Crippen LogP contribution in [0.3, 0.4) is 0 Å². The maximum absolute atomic E-state index is 11.9. The second-order valence-corrected chi connectivity index (χ2v) is 4.33. The van der Waals surface area contributed by atoms with Crippen LogP contribution in [-0.4, -0.2) is 13.0 Å².